The van der Waals surface area contributed by atoms with Crippen LogP contribution in [0.1, 0.15) is 30.4 Å². The maximum absolute atomic E-state index is 6.84. The van der Waals surface area contributed by atoms with Gasteiger partial charge in [-0.1, -0.05) is 102 Å². The van der Waals surface area contributed by atoms with E-state index in [0.717, 1.165) is 65.7 Å². The minimum Gasteiger partial charge on any atom is -0.493 e. The third kappa shape index (κ3) is 7.54. The second kappa shape index (κ2) is 13.2. The summed E-state index contributed by atoms with van der Waals surface area (Å²) < 4.78 is 5.95. The first-order chi connectivity index (χ1) is 20.1. The summed E-state index contributed by atoms with van der Waals surface area (Å²) in [5, 5.41) is 8.03. The molecule has 2 aliphatic heterocycles. The number of thioether (sulfide) groups is 2. The van der Waals surface area contributed by atoms with Gasteiger partial charge in [-0.05, 0) is 36.1 Å². The number of likely N-dealkylation sites (tertiary alicyclic amines) is 1. The van der Waals surface area contributed by atoms with Crippen molar-refractivity contribution in [2.24, 2.45) is 5.73 Å². The summed E-state index contributed by atoms with van der Waals surface area (Å²) in [7, 11) is 0. The number of nitrogens with one attached hydrogen (secondary N) is 2. The van der Waals surface area contributed by atoms with Crippen LogP contribution in [-0.2, 0) is 12.3 Å². The van der Waals surface area contributed by atoms with Crippen LogP contribution in [0, 0.1) is 0 Å². The molecule has 1 saturated heterocycles. The Balaban J connectivity index is 1.13. The lowest BCUT2D eigenvalue weighted by Gasteiger charge is -2.33. The van der Waals surface area contributed by atoms with E-state index in [2.05, 4.69) is 70.1 Å². The molecule has 212 valence electrons. The Morgan fingerprint density at radius 3 is 2.29 bits per heavy atom. The Kier molecular flexibility index (Phi) is 8.96. The summed E-state index contributed by atoms with van der Waals surface area (Å²) in [5.41, 5.74) is 9.46. The number of benzene rings is 3. The van der Waals surface area contributed by atoms with E-state index < -0.39 is 4.99 Å². The second-order valence-electron chi connectivity index (χ2n) is 10.5. The van der Waals surface area contributed by atoms with Crippen molar-refractivity contribution in [1.29, 1.82) is 0 Å². The molecule has 9 heteroatoms. The number of nitrogens with two attached hydrogens (primary N) is 1. The maximum Gasteiger partial charge on any atom is 0.191 e. The molecule has 1 fully saturated rings. The van der Waals surface area contributed by atoms with Gasteiger partial charge in [-0.25, -0.2) is 9.97 Å². The van der Waals surface area contributed by atoms with E-state index >= 15 is 0 Å². The SMILES string of the molecule is NC1(CCOc2ccccc2)Nc2nc(SCc3ccccc3)nc(NC3CCN(Cc4ccccc4)CC3)c2S1. The van der Waals surface area contributed by atoms with E-state index in [1.807, 2.05) is 36.4 Å². The zero-order valence-electron chi connectivity index (χ0n) is 23.0. The molecule has 0 bridgehead atoms. The molecule has 4 aromatic rings. The number of anilines is 2. The van der Waals surface area contributed by atoms with Crippen LogP contribution in [0.5, 0.6) is 5.75 Å². The van der Waals surface area contributed by atoms with Crippen LogP contribution in [0.25, 0.3) is 0 Å². The predicted octanol–water partition coefficient (Wildman–Crippen LogP) is 6.44. The molecule has 1 aromatic heterocycles. The zero-order valence-corrected chi connectivity index (χ0v) is 24.7. The van der Waals surface area contributed by atoms with Crippen LogP contribution in [0.4, 0.5) is 11.6 Å². The Morgan fingerprint density at radius 1 is 0.927 bits per heavy atom. The highest BCUT2D eigenvalue weighted by molar-refractivity contribution is 8.01. The van der Waals surface area contributed by atoms with Gasteiger partial charge in [0.15, 0.2) is 5.16 Å². The zero-order chi connectivity index (χ0) is 27.9. The summed E-state index contributed by atoms with van der Waals surface area (Å²) in [6, 6.07) is 31.3. The molecule has 7 nitrogen and oxygen atoms in total. The Bertz CT molecular complexity index is 1400. The van der Waals surface area contributed by atoms with E-state index in [9.17, 15) is 0 Å². The number of para-hydroxylation sites is 1. The normalized spacial score (nSPS) is 19.0. The predicted molar refractivity (Wildman–Crippen MR) is 169 cm³/mol. The summed E-state index contributed by atoms with van der Waals surface area (Å²) in [5.74, 6) is 3.33. The molecular weight excluding hydrogens is 549 g/mol. The molecule has 1 atom stereocenters. The largest absolute Gasteiger partial charge is 0.493 e. The minimum atomic E-state index is -0.718. The topological polar surface area (TPSA) is 88.3 Å². The molecular formula is C32H36N6OS2. The van der Waals surface area contributed by atoms with E-state index in [1.54, 1.807) is 23.5 Å². The summed E-state index contributed by atoms with van der Waals surface area (Å²) in [6.07, 6.45) is 2.75. The molecule has 4 N–H and O–H groups in total. The van der Waals surface area contributed by atoms with E-state index in [0.29, 0.717) is 19.1 Å². The van der Waals surface area contributed by atoms with Gasteiger partial charge in [0.05, 0.1) is 11.5 Å². The Labute approximate surface area is 250 Å². The lowest BCUT2D eigenvalue weighted by molar-refractivity contribution is 0.211. The maximum atomic E-state index is 6.84. The minimum absolute atomic E-state index is 0.350. The van der Waals surface area contributed by atoms with Crippen LogP contribution < -0.4 is 21.1 Å². The molecule has 0 aliphatic carbocycles. The van der Waals surface area contributed by atoms with Crippen LogP contribution in [0.3, 0.4) is 0 Å². The van der Waals surface area contributed by atoms with Gasteiger partial charge in [0.1, 0.15) is 22.4 Å². The van der Waals surface area contributed by atoms with Gasteiger partial charge in [0.2, 0.25) is 0 Å². The number of hydrogen-bond acceptors (Lipinski definition) is 9. The van der Waals surface area contributed by atoms with Gasteiger partial charge in [-0.2, -0.15) is 0 Å². The summed E-state index contributed by atoms with van der Waals surface area (Å²) >= 11 is 3.24. The van der Waals surface area contributed by atoms with Crippen molar-refractivity contribution >= 4 is 35.2 Å². The average molecular weight is 585 g/mol. The third-order valence-electron chi connectivity index (χ3n) is 7.33. The second-order valence-corrected chi connectivity index (χ2v) is 12.8. The monoisotopic (exact) mass is 584 g/mol. The number of aromatic nitrogens is 2. The van der Waals surface area contributed by atoms with Gasteiger partial charge in [0, 0.05) is 37.8 Å². The number of ether oxygens (including phenoxy) is 1. The van der Waals surface area contributed by atoms with E-state index in [1.165, 1.54) is 11.1 Å². The molecule has 41 heavy (non-hydrogen) atoms. The van der Waals surface area contributed by atoms with Crippen molar-refractivity contribution in [2.75, 3.05) is 30.3 Å². The molecule has 0 saturated carbocycles. The van der Waals surface area contributed by atoms with Crippen molar-refractivity contribution < 1.29 is 4.74 Å². The van der Waals surface area contributed by atoms with Crippen LogP contribution in [0.2, 0.25) is 0 Å². The Morgan fingerprint density at radius 2 is 1.59 bits per heavy atom. The molecule has 3 aromatic carbocycles. The summed E-state index contributed by atoms with van der Waals surface area (Å²) in [6.45, 7) is 3.61. The van der Waals surface area contributed by atoms with Crippen molar-refractivity contribution in [1.82, 2.24) is 14.9 Å². The molecule has 6 rings (SSSR count). The van der Waals surface area contributed by atoms with Crippen LogP contribution >= 0.6 is 23.5 Å². The van der Waals surface area contributed by atoms with Gasteiger partial charge in [-0.3, -0.25) is 10.6 Å². The Hall–Kier alpha value is -3.24. The molecule has 2 aliphatic rings. The first-order valence-electron chi connectivity index (χ1n) is 14.2. The highest BCUT2D eigenvalue weighted by atomic mass is 32.2. The number of fused-ring (bicyclic) bond motifs is 1. The van der Waals surface area contributed by atoms with Crippen LogP contribution in [0.15, 0.2) is 101 Å². The van der Waals surface area contributed by atoms with Crippen molar-refractivity contribution in [3.05, 3.63) is 102 Å². The fourth-order valence-corrected chi connectivity index (χ4v) is 7.02. The number of rotatable bonds is 11. The third-order valence-corrected chi connectivity index (χ3v) is 9.51. The van der Waals surface area contributed by atoms with Gasteiger partial charge < -0.3 is 15.4 Å². The lowest BCUT2D eigenvalue weighted by atomic mass is 10.0. The molecule has 0 amide bonds. The molecule has 0 spiro atoms. The summed E-state index contributed by atoms with van der Waals surface area (Å²) in [4.78, 5) is 12.7. The lowest BCUT2D eigenvalue weighted by Crippen LogP contribution is -2.42. The van der Waals surface area contributed by atoms with Crippen molar-refractivity contribution in [3.63, 3.8) is 0 Å². The smallest absolute Gasteiger partial charge is 0.191 e. The van der Waals surface area contributed by atoms with Crippen molar-refractivity contribution in [2.45, 2.75) is 52.6 Å². The van der Waals surface area contributed by atoms with Gasteiger partial charge >= 0.3 is 0 Å². The van der Waals surface area contributed by atoms with Gasteiger partial charge in [-0.15, -0.1) is 0 Å². The molecule has 1 unspecified atom stereocenters. The van der Waals surface area contributed by atoms with Crippen molar-refractivity contribution in [3.8, 4) is 5.75 Å². The number of hydrogen-bond donors (Lipinski definition) is 3. The average Bonchev–Trinajstić information content (AvgIpc) is 3.35. The van der Waals surface area contributed by atoms with Crippen LogP contribution in [-0.4, -0.2) is 45.6 Å². The first kappa shape index (κ1) is 27.9. The molecule has 0 radical (unpaired) electrons. The quantitative estimate of drug-likeness (QED) is 0.136. The van der Waals surface area contributed by atoms with E-state index in [4.69, 9.17) is 20.4 Å². The highest BCUT2D eigenvalue weighted by Gasteiger charge is 2.38. The van der Waals surface area contributed by atoms with E-state index in [-0.39, 0.29) is 0 Å². The fraction of sp³-hybridized carbons (Fsp3) is 0.312. The number of nitrogens with zero attached hydrogens (tertiary/aromatic N) is 3. The van der Waals surface area contributed by atoms with Gasteiger partial charge in [0.25, 0.3) is 0 Å². The standard InChI is InChI=1S/C32H36N6OS2/c33-32(18-21-39-27-14-8-3-9-15-27)37-30-28(41-32)29(35-31(36-30)40-23-25-12-6-2-7-13-25)34-26-16-19-38(20-17-26)22-24-10-4-1-5-11-24/h1-15,26H,16-23,33H2,(H2,34,35,36,37). The first-order valence-corrected chi connectivity index (χ1v) is 16.0. The fourth-order valence-electron chi connectivity index (χ4n) is 5.13. The number of piperidine rings is 1. The molecule has 3 heterocycles. The highest BCUT2D eigenvalue weighted by Crippen LogP contribution is 2.47.